The maximum absolute atomic E-state index is 6.82. The third-order valence-electron chi connectivity index (χ3n) is 1.71. The van der Waals surface area contributed by atoms with Crippen LogP contribution in [0.4, 0.5) is 5.13 Å². The summed E-state index contributed by atoms with van der Waals surface area (Å²) in [7, 11) is 0. The minimum atomic E-state index is 0.527. The number of hydrogen-bond donors (Lipinski definition) is 0. The Morgan fingerprint density at radius 2 is 2.33 bits per heavy atom. The molecular formula is C9H6N2S. The van der Waals surface area contributed by atoms with E-state index >= 15 is 0 Å². The molecule has 0 atom stereocenters. The van der Waals surface area contributed by atoms with Crippen LogP contribution in [0.1, 0.15) is 5.56 Å². The molecule has 0 amide bonds. The van der Waals surface area contributed by atoms with Gasteiger partial charge in [0.25, 0.3) is 0 Å². The van der Waals surface area contributed by atoms with Crippen molar-refractivity contribution in [2.45, 2.75) is 6.92 Å². The Kier molecular flexibility index (Phi) is 1.56. The number of hydrogen-bond acceptors (Lipinski definition) is 2. The molecule has 0 bridgehead atoms. The molecule has 2 nitrogen and oxygen atoms in total. The summed E-state index contributed by atoms with van der Waals surface area (Å²) in [6, 6.07) is 5.99. The first-order valence-electron chi connectivity index (χ1n) is 3.55. The minimum absolute atomic E-state index is 0.527. The van der Waals surface area contributed by atoms with E-state index in [-0.39, 0.29) is 0 Å². The highest BCUT2D eigenvalue weighted by atomic mass is 32.1. The Labute approximate surface area is 74.3 Å². The Morgan fingerprint density at radius 3 is 3.00 bits per heavy atom. The second-order valence-corrected chi connectivity index (χ2v) is 3.54. The summed E-state index contributed by atoms with van der Waals surface area (Å²) in [6.45, 7) is 8.83. The minimum Gasteiger partial charge on any atom is -0.351 e. The number of fused-ring (bicyclic) bond motifs is 1. The third kappa shape index (κ3) is 0.973. The maximum Gasteiger partial charge on any atom is 0.330 e. The molecule has 0 aliphatic carbocycles. The zero-order valence-corrected chi connectivity index (χ0v) is 7.35. The topological polar surface area (TPSA) is 17.2 Å². The van der Waals surface area contributed by atoms with Gasteiger partial charge in [0.1, 0.15) is 0 Å². The quantitative estimate of drug-likeness (QED) is 0.561. The van der Waals surface area contributed by atoms with Gasteiger partial charge in [-0.2, -0.15) is 0 Å². The van der Waals surface area contributed by atoms with Crippen LogP contribution in [-0.4, -0.2) is 4.98 Å². The first-order chi connectivity index (χ1) is 5.81. The first kappa shape index (κ1) is 7.26. The number of nitrogens with zero attached hydrogens (tertiary/aromatic N) is 2. The van der Waals surface area contributed by atoms with Crippen LogP contribution in [0.5, 0.6) is 0 Å². The average Bonchev–Trinajstić information content (AvgIpc) is 2.49. The Hall–Kier alpha value is -1.40. The van der Waals surface area contributed by atoms with E-state index in [4.69, 9.17) is 6.57 Å². The van der Waals surface area contributed by atoms with Crippen LogP contribution in [0.15, 0.2) is 18.2 Å². The maximum atomic E-state index is 6.82. The summed E-state index contributed by atoms with van der Waals surface area (Å²) in [5.74, 6) is 0. The summed E-state index contributed by atoms with van der Waals surface area (Å²) in [5.41, 5.74) is 2.10. The van der Waals surface area contributed by atoms with Crippen LogP contribution < -0.4 is 0 Å². The molecule has 58 valence electrons. The molecule has 0 saturated carbocycles. The van der Waals surface area contributed by atoms with E-state index in [0.717, 1.165) is 15.8 Å². The van der Waals surface area contributed by atoms with E-state index in [9.17, 15) is 0 Å². The SMILES string of the molecule is [C-]#[N+]c1nc2c(C)cccc2s1. The van der Waals surface area contributed by atoms with Gasteiger partial charge >= 0.3 is 5.13 Å². The fourth-order valence-electron chi connectivity index (χ4n) is 1.12. The monoisotopic (exact) mass is 174 g/mol. The number of aromatic nitrogens is 1. The van der Waals surface area contributed by atoms with Gasteiger partial charge in [0, 0.05) is 0 Å². The number of benzene rings is 1. The van der Waals surface area contributed by atoms with E-state index < -0.39 is 0 Å². The lowest BCUT2D eigenvalue weighted by Gasteiger charge is -1.86. The molecule has 0 saturated heterocycles. The molecule has 0 unspecified atom stereocenters. The van der Waals surface area contributed by atoms with Gasteiger partial charge in [0.15, 0.2) is 5.52 Å². The first-order valence-corrected chi connectivity index (χ1v) is 4.36. The number of aryl methyl sites for hydroxylation is 1. The van der Waals surface area contributed by atoms with Crippen molar-refractivity contribution >= 4 is 26.7 Å². The molecule has 2 aromatic rings. The molecule has 1 heterocycles. The molecule has 12 heavy (non-hydrogen) atoms. The van der Waals surface area contributed by atoms with Gasteiger partial charge in [-0.3, -0.25) is 0 Å². The Morgan fingerprint density at radius 1 is 1.50 bits per heavy atom. The van der Waals surface area contributed by atoms with Gasteiger partial charge in [0.2, 0.25) is 0 Å². The van der Waals surface area contributed by atoms with Crippen molar-refractivity contribution in [3.63, 3.8) is 0 Å². The zero-order chi connectivity index (χ0) is 8.55. The molecule has 0 aliphatic rings. The van der Waals surface area contributed by atoms with Gasteiger partial charge < -0.3 is 4.85 Å². The van der Waals surface area contributed by atoms with Gasteiger partial charge in [0.05, 0.1) is 4.70 Å². The fraction of sp³-hybridized carbons (Fsp3) is 0.111. The van der Waals surface area contributed by atoms with Crippen LogP contribution in [-0.2, 0) is 0 Å². The molecule has 0 spiro atoms. The van der Waals surface area contributed by atoms with Crippen molar-refractivity contribution in [2.75, 3.05) is 0 Å². The predicted molar refractivity (Wildman–Crippen MR) is 50.6 cm³/mol. The van der Waals surface area contributed by atoms with Gasteiger partial charge in [-0.15, -0.1) is 16.3 Å². The summed E-state index contributed by atoms with van der Waals surface area (Å²) < 4.78 is 1.10. The number of para-hydroxylation sites is 1. The van der Waals surface area contributed by atoms with Crippen molar-refractivity contribution in [1.29, 1.82) is 0 Å². The molecule has 0 radical (unpaired) electrons. The molecule has 0 aliphatic heterocycles. The highest BCUT2D eigenvalue weighted by Crippen LogP contribution is 2.29. The van der Waals surface area contributed by atoms with Crippen LogP contribution in [0.25, 0.3) is 15.1 Å². The van der Waals surface area contributed by atoms with Crippen LogP contribution in [0.2, 0.25) is 0 Å². The summed E-state index contributed by atoms with van der Waals surface area (Å²) in [6.07, 6.45) is 0. The lowest BCUT2D eigenvalue weighted by Crippen LogP contribution is -1.72. The number of rotatable bonds is 0. The second kappa shape index (κ2) is 2.58. The number of thiazole rings is 1. The van der Waals surface area contributed by atoms with E-state index in [2.05, 4.69) is 9.83 Å². The molecule has 2 rings (SSSR count). The Bertz CT molecular complexity index is 465. The molecular weight excluding hydrogens is 168 g/mol. The summed E-state index contributed by atoms with van der Waals surface area (Å²) in [5, 5.41) is 0.527. The van der Waals surface area contributed by atoms with Crippen LogP contribution in [0.3, 0.4) is 0 Å². The smallest absolute Gasteiger partial charge is 0.330 e. The molecule has 1 aromatic carbocycles. The van der Waals surface area contributed by atoms with E-state index in [1.165, 1.54) is 11.3 Å². The zero-order valence-electron chi connectivity index (χ0n) is 6.53. The van der Waals surface area contributed by atoms with Crippen LogP contribution >= 0.6 is 11.3 Å². The molecule has 0 N–H and O–H groups in total. The van der Waals surface area contributed by atoms with Gasteiger partial charge in [-0.1, -0.05) is 18.7 Å². The van der Waals surface area contributed by atoms with Crippen molar-refractivity contribution in [2.24, 2.45) is 0 Å². The third-order valence-corrected chi connectivity index (χ3v) is 2.62. The lowest BCUT2D eigenvalue weighted by molar-refractivity contribution is 1.44. The van der Waals surface area contributed by atoms with Crippen molar-refractivity contribution in [3.05, 3.63) is 35.2 Å². The molecule has 0 fully saturated rings. The molecule has 3 heteroatoms. The summed E-state index contributed by atoms with van der Waals surface area (Å²) in [4.78, 5) is 7.50. The standard InChI is InChI=1S/C9H6N2S/c1-6-4-3-5-7-8(6)11-9(10-2)12-7/h3-5H,1H3. The van der Waals surface area contributed by atoms with Crippen LogP contribution in [0, 0.1) is 13.5 Å². The van der Waals surface area contributed by atoms with Crippen molar-refractivity contribution in [1.82, 2.24) is 4.98 Å². The second-order valence-electron chi connectivity index (χ2n) is 2.53. The normalized spacial score (nSPS) is 10.0. The highest BCUT2D eigenvalue weighted by molar-refractivity contribution is 7.22. The largest absolute Gasteiger partial charge is 0.351 e. The summed E-state index contributed by atoms with van der Waals surface area (Å²) >= 11 is 1.45. The highest BCUT2D eigenvalue weighted by Gasteiger charge is 2.06. The lowest BCUT2D eigenvalue weighted by atomic mass is 10.2. The van der Waals surface area contributed by atoms with E-state index in [1.54, 1.807) is 0 Å². The fourth-order valence-corrected chi connectivity index (χ4v) is 1.95. The van der Waals surface area contributed by atoms with Gasteiger partial charge in [-0.25, -0.2) is 0 Å². The van der Waals surface area contributed by atoms with Gasteiger partial charge in [-0.05, 0) is 18.6 Å². The average molecular weight is 174 g/mol. The van der Waals surface area contributed by atoms with Crippen molar-refractivity contribution in [3.8, 4) is 0 Å². The van der Waals surface area contributed by atoms with Crippen molar-refractivity contribution < 1.29 is 0 Å². The Balaban J connectivity index is 2.85. The van der Waals surface area contributed by atoms with E-state index in [1.807, 2.05) is 25.1 Å². The molecule has 1 aromatic heterocycles. The predicted octanol–water partition coefficient (Wildman–Crippen LogP) is 3.16. The van der Waals surface area contributed by atoms with E-state index in [0.29, 0.717) is 5.13 Å².